The fraction of sp³-hybridized carbons (Fsp3) is 0.636. The van der Waals surface area contributed by atoms with Gasteiger partial charge in [0.15, 0.2) is 0 Å². The van der Waals surface area contributed by atoms with Crippen LogP contribution in [0.3, 0.4) is 0 Å². The quantitative estimate of drug-likeness (QED) is 0.760. The third-order valence-corrected chi connectivity index (χ3v) is 3.09. The number of rotatable bonds is 3. The minimum Gasteiger partial charge on any atom is -0.369 e. The molecule has 1 aromatic rings. The van der Waals surface area contributed by atoms with Crippen LogP contribution in [-0.2, 0) is 15.1 Å². The Labute approximate surface area is 100 Å². The number of primary amides is 1. The lowest BCUT2D eigenvalue weighted by Gasteiger charge is -2.39. The number of H-pyrrole nitrogens is 1. The van der Waals surface area contributed by atoms with Crippen LogP contribution in [0.15, 0.2) is 6.20 Å². The molecule has 0 saturated carbocycles. The highest BCUT2D eigenvalue weighted by molar-refractivity contribution is 5.75. The number of aryl methyl sites for hydroxylation is 1. The Bertz CT molecular complexity index is 417. The zero-order valence-electron chi connectivity index (χ0n) is 10.2. The summed E-state index contributed by atoms with van der Waals surface area (Å²) in [5, 5.41) is 6.98. The summed E-state index contributed by atoms with van der Waals surface area (Å²) in [4.78, 5) is 13.0. The molecule has 6 nitrogen and oxygen atoms in total. The van der Waals surface area contributed by atoms with Gasteiger partial charge in [0, 0.05) is 13.1 Å². The Morgan fingerprint density at radius 1 is 1.76 bits per heavy atom. The number of hydrogen-bond donors (Lipinski definition) is 2. The van der Waals surface area contributed by atoms with E-state index in [2.05, 4.69) is 10.2 Å². The average Bonchev–Trinajstić information content (AvgIpc) is 2.64. The number of morpholine rings is 1. The van der Waals surface area contributed by atoms with Crippen molar-refractivity contribution >= 4 is 5.91 Å². The Hall–Kier alpha value is -1.40. The number of amides is 1. The summed E-state index contributed by atoms with van der Waals surface area (Å²) in [5.41, 5.74) is 6.80. The highest BCUT2D eigenvalue weighted by Gasteiger charge is 2.36. The number of hydrogen-bond acceptors (Lipinski definition) is 4. The van der Waals surface area contributed by atoms with E-state index in [0.29, 0.717) is 13.2 Å². The highest BCUT2D eigenvalue weighted by Crippen LogP contribution is 2.29. The van der Waals surface area contributed by atoms with Gasteiger partial charge >= 0.3 is 0 Å². The number of carbonyl (C=O) groups excluding carboxylic acids is 1. The van der Waals surface area contributed by atoms with E-state index in [4.69, 9.17) is 10.5 Å². The van der Waals surface area contributed by atoms with Gasteiger partial charge < -0.3 is 10.5 Å². The predicted molar refractivity (Wildman–Crippen MR) is 62.3 cm³/mol. The summed E-state index contributed by atoms with van der Waals surface area (Å²) in [6.07, 6.45) is 1.77. The van der Waals surface area contributed by atoms with E-state index in [1.807, 2.05) is 18.7 Å². The number of ether oxygens (including phenoxy) is 1. The number of nitrogens with two attached hydrogens (primary N) is 1. The maximum atomic E-state index is 11.0. The fourth-order valence-electron chi connectivity index (χ4n) is 2.34. The van der Waals surface area contributed by atoms with Gasteiger partial charge in [0.2, 0.25) is 5.91 Å². The summed E-state index contributed by atoms with van der Waals surface area (Å²) in [5.74, 6) is -0.310. The molecule has 3 N–H and O–H groups in total. The predicted octanol–water partition coefficient (Wildman–Crippen LogP) is -0.249. The van der Waals surface area contributed by atoms with E-state index in [1.54, 1.807) is 6.20 Å². The van der Waals surface area contributed by atoms with Gasteiger partial charge in [-0.2, -0.15) is 5.10 Å². The maximum Gasteiger partial charge on any atom is 0.231 e. The number of nitrogens with zero attached hydrogens (tertiary/aromatic N) is 2. The lowest BCUT2D eigenvalue weighted by molar-refractivity contribution is -0.128. The van der Waals surface area contributed by atoms with Gasteiger partial charge in [-0.25, -0.2) is 0 Å². The molecule has 1 aliphatic rings. The number of carbonyl (C=O) groups is 1. The molecule has 1 aromatic heterocycles. The molecule has 94 valence electrons. The van der Waals surface area contributed by atoms with Gasteiger partial charge in [0.05, 0.1) is 25.0 Å². The molecule has 0 aliphatic carbocycles. The second-order valence-electron chi connectivity index (χ2n) is 4.68. The Morgan fingerprint density at radius 3 is 3.12 bits per heavy atom. The molecule has 1 amide bonds. The SMILES string of the molecule is Cc1cn[nH]c1[C@@]1(C)CN(CC(N)=O)CCO1. The van der Waals surface area contributed by atoms with Crippen LogP contribution in [0.5, 0.6) is 0 Å². The standard InChI is InChI=1S/C11H18N4O2/c1-8-5-13-14-10(8)11(2)7-15(3-4-17-11)6-9(12)16/h5H,3-4,6-7H2,1-2H3,(H2,12,16)(H,13,14)/t11-/m1/s1. The van der Waals surface area contributed by atoms with Crippen molar-refractivity contribution in [1.82, 2.24) is 15.1 Å². The van der Waals surface area contributed by atoms with Gasteiger partial charge in [0.1, 0.15) is 5.60 Å². The molecule has 1 saturated heterocycles. The molecule has 0 unspecified atom stereocenters. The summed E-state index contributed by atoms with van der Waals surface area (Å²) in [6, 6.07) is 0. The van der Waals surface area contributed by atoms with Crippen LogP contribution in [-0.4, -0.2) is 47.2 Å². The van der Waals surface area contributed by atoms with E-state index in [9.17, 15) is 4.79 Å². The van der Waals surface area contributed by atoms with E-state index >= 15 is 0 Å². The summed E-state index contributed by atoms with van der Waals surface area (Å²) >= 11 is 0. The molecular weight excluding hydrogens is 220 g/mol. The first-order chi connectivity index (χ1) is 8.01. The summed E-state index contributed by atoms with van der Waals surface area (Å²) in [6.45, 7) is 6.21. The molecule has 0 radical (unpaired) electrons. The molecule has 0 bridgehead atoms. The minimum absolute atomic E-state index is 0.270. The van der Waals surface area contributed by atoms with Crippen molar-refractivity contribution in [3.05, 3.63) is 17.5 Å². The summed E-state index contributed by atoms with van der Waals surface area (Å²) < 4.78 is 5.84. The van der Waals surface area contributed by atoms with Crippen molar-refractivity contribution in [3.8, 4) is 0 Å². The van der Waals surface area contributed by atoms with Gasteiger partial charge in [-0.15, -0.1) is 0 Å². The van der Waals surface area contributed by atoms with E-state index in [-0.39, 0.29) is 12.5 Å². The van der Waals surface area contributed by atoms with Crippen LogP contribution in [0.4, 0.5) is 0 Å². The zero-order chi connectivity index (χ0) is 12.5. The normalized spacial score (nSPS) is 26.0. The van der Waals surface area contributed by atoms with Gasteiger partial charge in [0.25, 0.3) is 0 Å². The van der Waals surface area contributed by atoms with Gasteiger partial charge in [-0.05, 0) is 19.4 Å². The molecular formula is C11H18N4O2. The van der Waals surface area contributed by atoms with Crippen LogP contribution >= 0.6 is 0 Å². The largest absolute Gasteiger partial charge is 0.369 e. The Morgan fingerprint density at radius 2 is 2.53 bits per heavy atom. The fourth-order valence-corrected chi connectivity index (χ4v) is 2.34. The van der Waals surface area contributed by atoms with Gasteiger partial charge in [-0.3, -0.25) is 14.8 Å². The first-order valence-corrected chi connectivity index (χ1v) is 5.66. The third kappa shape index (κ3) is 2.48. The van der Waals surface area contributed by atoms with Crippen molar-refractivity contribution in [1.29, 1.82) is 0 Å². The smallest absolute Gasteiger partial charge is 0.231 e. The zero-order valence-corrected chi connectivity index (χ0v) is 10.2. The molecule has 2 rings (SSSR count). The lowest BCUT2D eigenvalue weighted by Crippen LogP contribution is -2.50. The average molecular weight is 238 g/mol. The van der Waals surface area contributed by atoms with Gasteiger partial charge in [-0.1, -0.05) is 0 Å². The molecule has 0 spiro atoms. The van der Waals surface area contributed by atoms with E-state index in [1.165, 1.54) is 0 Å². The molecule has 6 heteroatoms. The van der Waals surface area contributed by atoms with Crippen LogP contribution in [0, 0.1) is 6.92 Å². The lowest BCUT2D eigenvalue weighted by atomic mass is 9.97. The number of aromatic nitrogens is 2. The summed E-state index contributed by atoms with van der Waals surface area (Å²) in [7, 11) is 0. The minimum atomic E-state index is -0.450. The van der Waals surface area contributed by atoms with Crippen LogP contribution in [0.2, 0.25) is 0 Å². The Balaban J connectivity index is 2.15. The first-order valence-electron chi connectivity index (χ1n) is 5.66. The molecule has 1 aliphatic heterocycles. The molecule has 1 atom stereocenters. The topological polar surface area (TPSA) is 84.2 Å². The molecule has 1 fully saturated rings. The van der Waals surface area contributed by atoms with Crippen molar-refractivity contribution in [3.63, 3.8) is 0 Å². The number of aromatic amines is 1. The van der Waals surface area contributed by atoms with Crippen LogP contribution < -0.4 is 5.73 Å². The third-order valence-electron chi connectivity index (χ3n) is 3.09. The molecule has 2 heterocycles. The van der Waals surface area contributed by atoms with Crippen LogP contribution in [0.1, 0.15) is 18.2 Å². The van der Waals surface area contributed by atoms with Crippen LogP contribution in [0.25, 0.3) is 0 Å². The van der Waals surface area contributed by atoms with Crippen molar-refractivity contribution in [2.45, 2.75) is 19.4 Å². The number of nitrogens with one attached hydrogen (secondary N) is 1. The van der Waals surface area contributed by atoms with Crippen molar-refractivity contribution in [2.24, 2.45) is 5.73 Å². The maximum absolute atomic E-state index is 11.0. The van der Waals surface area contributed by atoms with E-state index < -0.39 is 5.60 Å². The van der Waals surface area contributed by atoms with E-state index in [0.717, 1.165) is 17.8 Å². The Kier molecular flexibility index (Phi) is 3.17. The van der Waals surface area contributed by atoms with Crippen molar-refractivity contribution < 1.29 is 9.53 Å². The molecule has 17 heavy (non-hydrogen) atoms. The first kappa shape index (κ1) is 12.1. The monoisotopic (exact) mass is 238 g/mol. The second-order valence-corrected chi connectivity index (χ2v) is 4.68. The van der Waals surface area contributed by atoms with Crippen molar-refractivity contribution in [2.75, 3.05) is 26.2 Å². The highest BCUT2D eigenvalue weighted by atomic mass is 16.5. The molecule has 0 aromatic carbocycles. The second kappa shape index (κ2) is 4.46.